The highest BCUT2D eigenvalue weighted by atomic mass is 35.5. The van der Waals surface area contributed by atoms with E-state index in [4.69, 9.17) is 99.5 Å². The van der Waals surface area contributed by atoms with Crippen LogP contribution in [0.2, 0.25) is 30.1 Å². The smallest absolute Gasteiger partial charge is 0.140 e. The zero-order chi connectivity index (χ0) is 91.1. The summed E-state index contributed by atoms with van der Waals surface area (Å²) in [5.74, 6) is 6.73. The topological polar surface area (TPSA) is 200 Å². The number of nitrogens with one attached hydrogen (secondary N) is 6. The quantitative estimate of drug-likeness (QED) is 0.0475. The van der Waals surface area contributed by atoms with Crippen molar-refractivity contribution < 1.29 is 0 Å². The molecule has 0 bridgehead atoms. The molecular formula is C107H107Cl6N19. The van der Waals surface area contributed by atoms with Gasteiger partial charge in [0.25, 0.3) is 0 Å². The lowest BCUT2D eigenvalue weighted by atomic mass is 9.95. The van der Waals surface area contributed by atoms with Gasteiger partial charge in [-0.3, -0.25) is 26.4 Å². The SMILES string of the molecule is CC(C)c1nc2ccccn2c1Nc1cccc(Cl)c1.Cc1cccc(Cl)c1Nc1c(C(C)C)nc2ccccn12.Clc1ccc(-c2nc3ccccn3c2NC2CCCC2)cc1.Clc1cccc(-c2nc3ccccn3c2NC2CCCC2)c1.Clc1ccccc1-c1nc2ccccn2c1NC1CCCC1.N#Cc1cccc2nc(-c3ccccc3Cl)c(NC3CCCCC3)n12. The second-order valence-corrected chi connectivity index (χ2v) is 37.2. The molecule has 0 amide bonds. The van der Waals surface area contributed by atoms with Crippen molar-refractivity contribution in [2.45, 2.75) is 180 Å². The maximum Gasteiger partial charge on any atom is 0.140 e. The van der Waals surface area contributed by atoms with Gasteiger partial charge < -0.3 is 31.9 Å². The van der Waals surface area contributed by atoms with Crippen LogP contribution < -0.4 is 31.9 Å². The van der Waals surface area contributed by atoms with Crippen LogP contribution in [0.15, 0.2) is 280 Å². The van der Waals surface area contributed by atoms with E-state index >= 15 is 0 Å². The number of halogens is 6. The number of aromatic nitrogens is 12. The molecule has 0 unspecified atom stereocenters. The molecule has 0 aliphatic heterocycles. The molecule has 6 aromatic carbocycles. The van der Waals surface area contributed by atoms with Gasteiger partial charge in [-0.1, -0.05) is 270 Å². The Morgan fingerprint density at radius 2 is 0.682 bits per heavy atom. The van der Waals surface area contributed by atoms with Crippen molar-refractivity contribution in [3.63, 3.8) is 0 Å². The van der Waals surface area contributed by atoms with Gasteiger partial charge >= 0.3 is 0 Å². The molecule has 12 heterocycles. The van der Waals surface area contributed by atoms with Crippen LogP contribution in [0.4, 0.5) is 46.3 Å². The first-order chi connectivity index (χ1) is 64.4. The molecular weight excluding hydrogens is 1760 g/mol. The first-order valence-corrected chi connectivity index (χ1v) is 48.1. The number of anilines is 8. The predicted molar refractivity (Wildman–Crippen MR) is 548 cm³/mol. The van der Waals surface area contributed by atoms with Gasteiger partial charge in [0.1, 0.15) is 103 Å². The Morgan fingerprint density at radius 1 is 0.318 bits per heavy atom. The van der Waals surface area contributed by atoms with Crippen molar-refractivity contribution in [3.05, 3.63) is 332 Å². The van der Waals surface area contributed by atoms with Gasteiger partial charge in [-0.25, -0.2) is 29.9 Å². The third-order valence-corrected chi connectivity index (χ3v) is 26.3. The Balaban J connectivity index is 0.000000111. The fourth-order valence-electron chi connectivity index (χ4n) is 18.0. The largest absolute Gasteiger partial charge is 0.367 e. The zero-order valence-corrected chi connectivity index (χ0v) is 79.2. The van der Waals surface area contributed by atoms with E-state index in [0.717, 1.165) is 180 Å². The van der Waals surface area contributed by atoms with Gasteiger partial charge in [-0.05, 0) is 209 Å². The number of para-hydroxylation sites is 1. The number of aryl methyl sites for hydroxylation is 1. The summed E-state index contributed by atoms with van der Waals surface area (Å²) in [6.45, 7) is 10.6. The third-order valence-electron chi connectivity index (χ3n) is 24.6. The Hall–Kier alpha value is -12.5. The second kappa shape index (κ2) is 42.8. The Morgan fingerprint density at radius 3 is 1.14 bits per heavy atom. The van der Waals surface area contributed by atoms with Crippen molar-refractivity contribution in [1.82, 2.24) is 56.3 Å². The molecule has 0 radical (unpaired) electrons. The number of nitriles is 1. The molecule has 0 spiro atoms. The fourth-order valence-corrected chi connectivity index (χ4v) is 19.2. The Kier molecular flexibility index (Phi) is 29.6. The number of hydrogen-bond acceptors (Lipinski definition) is 13. The van der Waals surface area contributed by atoms with Crippen LogP contribution in [0.25, 0.3) is 78.9 Å². The summed E-state index contributed by atoms with van der Waals surface area (Å²) >= 11 is 37.4. The molecule has 12 aromatic heterocycles. The summed E-state index contributed by atoms with van der Waals surface area (Å²) in [5.41, 5.74) is 18.9. The van der Waals surface area contributed by atoms with E-state index in [1.807, 2.05) is 266 Å². The molecule has 19 nitrogen and oxygen atoms in total. The van der Waals surface area contributed by atoms with Gasteiger partial charge in [0.15, 0.2) is 0 Å². The molecule has 0 atom stereocenters. The average Bonchev–Trinajstić information content (AvgIpc) is 1.63. The van der Waals surface area contributed by atoms with Gasteiger partial charge in [0, 0.05) is 98.2 Å². The molecule has 18 aromatic rings. The van der Waals surface area contributed by atoms with E-state index < -0.39 is 0 Å². The Labute approximate surface area is 800 Å². The standard InChI is InChI=1S/C20H19ClN4.3C18H18ClN3.C17H18ClN3.C16H16ClN3/c21-17-11-5-4-10-16(17)19-20(23-14-7-2-1-3-8-14)25-15(13-22)9-6-12-18(25)24-19;19-14-7-5-6-13(12-14)17-18(20-15-8-1-2-9-15)22-11-4-3-10-16(22)21-17;19-15-10-4-3-9-14(15)17-18(20-13-7-1-2-8-13)22-12-6-5-11-16(22)21-17;19-14-10-8-13(9-11-14)17-18(20-15-5-1-2-6-15)22-12-4-3-7-16(22)21-17;1-11(2)15-17(21-10-5-4-9-14(21)19-15)20-16-12(3)7-6-8-13(16)18;1-11(2)15-16(18-13-7-5-6-12(17)10-13)20-9-4-3-8-14(20)19-15/h4-6,9-12,14,23H,1-3,7-8H2;3-7,10-12,15,20H,1-2,8-9H2;3-6,9-13,20H,1-2,7-8H2;3-4,7-12,15,20H,1-2,5-6H2;4-11,20H,1-3H3;3-11,18H,1-2H3. The minimum absolute atomic E-state index is 0.329. The lowest BCUT2D eigenvalue weighted by molar-refractivity contribution is 0.461. The highest BCUT2D eigenvalue weighted by molar-refractivity contribution is 6.34. The van der Waals surface area contributed by atoms with Crippen LogP contribution in [0.3, 0.4) is 0 Å². The number of rotatable bonds is 18. The number of fused-ring (bicyclic) bond motifs is 6. The van der Waals surface area contributed by atoms with E-state index in [-0.39, 0.29) is 0 Å². The third kappa shape index (κ3) is 21.3. The van der Waals surface area contributed by atoms with Crippen molar-refractivity contribution in [2.75, 3.05) is 31.9 Å². The van der Waals surface area contributed by atoms with Crippen LogP contribution in [0.1, 0.15) is 171 Å². The van der Waals surface area contributed by atoms with Gasteiger partial charge in [0.2, 0.25) is 0 Å². The lowest BCUT2D eigenvalue weighted by Crippen LogP contribution is -2.23. The van der Waals surface area contributed by atoms with Crippen LogP contribution in [0.5, 0.6) is 0 Å². The highest BCUT2D eigenvalue weighted by Crippen LogP contribution is 2.42. The minimum atomic E-state index is 0.329. The maximum atomic E-state index is 9.55. The molecule has 4 saturated carbocycles. The molecule has 4 fully saturated rings. The molecule has 0 saturated heterocycles. The number of benzene rings is 6. The van der Waals surface area contributed by atoms with E-state index in [2.05, 4.69) is 112 Å². The van der Waals surface area contributed by atoms with Crippen LogP contribution in [0, 0.1) is 18.3 Å². The molecule has 22 rings (SSSR count). The summed E-state index contributed by atoms with van der Waals surface area (Å²) in [4.78, 5) is 28.6. The zero-order valence-electron chi connectivity index (χ0n) is 74.6. The average molecular weight is 1870 g/mol. The Bertz CT molecular complexity index is 7010. The number of pyridine rings is 6. The molecule has 132 heavy (non-hydrogen) atoms. The summed E-state index contributed by atoms with van der Waals surface area (Å²) < 4.78 is 12.4. The normalized spacial score (nSPS) is 14.1. The summed E-state index contributed by atoms with van der Waals surface area (Å²) in [5, 5.41) is 35.6. The fraction of sp³-hybridized carbons (Fsp3) is 0.262. The highest BCUT2D eigenvalue weighted by Gasteiger charge is 2.28. The first kappa shape index (κ1) is 91.4. The molecule has 672 valence electrons. The number of imidazole rings is 6. The van der Waals surface area contributed by atoms with E-state index in [0.29, 0.717) is 46.7 Å². The van der Waals surface area contributed by atoms with Gasteiger partial charge in [-0.15, -0.1) is 0 Å². The summed E-state index contributed by atoms with van der Waals surface area (Å²) in [7, 11) is 0. The maximum absolute atomic E-state index is 9.55. The van der Waals surface area contributed by atoms with Crippen LogP contribution in [-0.2, 0) is 0 Å². The molecule has 25 heteroatoms. The molecule has 4 aliphatic carbocycles. The lowest BCUT2D eigenvalue weighted by Gasteiger charge is -2.24. The molecule has 4 aliphatic rings. The van der Waals surface area contributed by atoms with Crippen molar-refractivity contribution in [3.8, 4) is 51.1 Å². The van der Waals surface area contributed by atoms with Gasteiger partial charge in [-0.2, -0.15) is 5.26 Å². The van der Waals surface area contributed by atoms with Crippen molar-refractivity contribution in [2.24, 2.45) is 0 Å². The summed E-state index contributed by atoms with van der Waals surface area (Å²) in [6.07, 6.45) is 31.5. The monoisotopic (exact) mass is 1870 g/mol. The predicted octanol–water partition coefficient (Wildman–Crippen LogP) is 30.3. The van der Waals surface area contributed by atoms with Crippen LogP contribution in [-0.4, -0.2) is 80.5 Å². The number of hydrogen-bond donors (Lipinski definition) is 6. The molecule has 6 N–H and O–H groups in total. The van der Waals surface area contributed by atoms with E-state index in [1.54, 1.807) is 0 Å². The number of nitrogens with zero attached hydrogens (tertiary/aromatic N) is 13. The first-order valence-electron chi connectivity index (χ1n) is 45.8. The summed E-state index contributed by atoms with van der Waals surface area (Å²) in [6, 6.07) is 85.2. The van der Waals surface area contributed by atoms with Crippen molar-refractivity contribution in [1.29, 1.82) is 5.26 Å². The van der Waals surface area contributed by atoms with Crippen molar-refractivity contribution >= 4 is 150 Å². The van der Waals surface area contributed by atoms with Gasteiger partial charge in [0.05, 0.1) is 32.1 Å². The second-order valence-electron chi connectivity index (χ2n) is 34.6. The van der Waals surface area contributed by atoms with E-state index in [9.17, 15) is 5.26 Å². The van der Waals surface area contributed by atoms with Crippen LogP contribution >= 0.6 is 69.6 Å². The minimum Gasteiger partial charge on any atom is -0.367 e. The van der Waals surface area contributed by atoms with E-state index in [1.165, 1.54) is 96.3 Å².